The predicted octanol–water partition coefficient (Wildman–Crippen LogP) is 2.13. The molecule has 0 heterocycles. The molecule has 0 amide bonds. The highest BCUT2D eigenvalue weighted by Crippen LogP contribution is 2.15. The number of nitrogens with two attached hydrogens (primary N) is 1. The summed E-state index contributed by atoms with van der Waals surface area (Å²) in [5.41, 5.74) is 7.59. The molecule has 3 N–H and O–H groups in total. The summed E-state index contributed by atoms with van der Waals surface area (Å²) in [4.78, 5) is 0. The highest BCUT2D eigenvalue weighted by molar-refractivity contribution is 5.28. The molecule has 0 aliphatic rings. The van der Waals surface area contributed by atoms with E-state index in [9.17, 15) is 5.11 Å². The van der Waals surface area contributed by atoms with Crippen molar-refractivity contribution in [3.05, 3.63) is 65.7 Å². The number of benzene rings is 2. The largest absolute Gasteiger partial charge is 0.489 e. The van der Waals surface area contributed by atoms with Gasteiger partial charge in [-0.3, -0.25) is 0 Å². The number of hydrogen-bond donors (Lipinski definition) is 2. The molecule has 19 heavy (non-hydrogen) atoms. The van der Waals surface area contributed by atoms with E-state index in [-0.39, 0.29) is 6.54 Å². The second-order valence-corrected chi connectivity index (χ2v) is 4.51. The third-order valence-corrected chi connectivity index (χ3v) is 2.92. The molecule has 0 saturated carbocycles. The van der Waals surface area contributed by atoms with E-state index in [1.54, 1.807) is 0 Å². The van der Waals surface area contributed by atoms with Gasteiger partial charge in [0.15, 0.2) is 0 Å². The molecule has 0 aliphatic heterocycles. The first kappa shape index (κ1) is 13.6. The van der Waals surface area contributed by atoms with Crippen molar-refractivity contribution in [3.63, 3.8) is 0 Å². The van der Waals surface area contributed by atoms with Crippen LogP contribution in [0.1, 0.15) is 11.1 Å². The number of rotatable bonds is 6. The Morgan fingerprint density at radius 2 is 1.63 bits per heavy atom. The van der Waals surface area contributed by atoms with Crippen LogP contribution < -0.4 is 10.5 Å². The fourth-order valence-electron chi connectivity index (χ4n) is 1.82. The standard InChI is InChI=1S/C16H19NO2/c17-11-15(18)10-13-6-8-16(9-7-13)19-12-14-4-2-1-3-5-14/h1-9,15,18H,10-12,17H2/t15-/m0/s1. The van der Waals surface area contributed by atoms with Crippen LogP contribution in [-0.4, -0.2) is 17.8 Å². The maximum Gasteiger partial charge on any atom is 0.119 e. The Hall–Kier alpha value is -1.84. The van der Waals surface area contributed by atoms with Crippen molar-refractivity contribution in [1.29, 1.82) is 0 Å². The van der Waals surface area contributed by atoms with Gasteiger partial charge < -0.3 is 15.6 Å². The zero-order chi connectivity index (χ0) is 13.5. The van der Waals surface area contributed by atoms with Gasteiger partial charge in [-0.05, 0) is 29.7 Å². The van der Waals surface area contributed by atoms with Gasteiger partial charge in [0, 0.05) is 6.54 Å². The topological polar surface area (TPSA) is 55.5 Å². The van der Waals surface area contributed by atoms with Crippen LogP contribution in [0.4, 0.5) is 0 Å². The molecule has 0 unspecified atom stereocenters. The number of ether oxygens (including phenoxy) is 1. The highest BCUT2D eigenvalue weighted by atomic mass is 16.5. The van der Waals surface area contributed by atoms with E-state index in [4.69, 9.17) is 10.5 Å². The average Bonchev–Trinajstić information content (AvgIpc) is 2.47. The zero-order valence-electron chi connectivity index (χ0n) is 10.8. The summed E-state index contributed by atoms with van der Waals surface area (Å²) in [6.07, 6.45) is 0.103. The number of aliphatic hydroxyl groups is 1. The van der Waals surface area contributed by atoms with E-state index < -0.39 is 6.10 Å². The van der Waals surface area contributed by atoms with Crippen LogP contribution in [0.5, 0.6) is 5.75 Å². The van der Waals surface area contributed by atoms with Gasteiger partial charge in [0.2, 0.25) is 0 Å². The minimum atomic E-state index is -0.476. The molecule has 0 fully saturated rings. The van der Waals surface area contributed by atoms with Crippen LogP contribution in [0.3, 0.4) is 0 Å². The Balaban J connectivity index is 1.88. The monoisotopic (exact) mass is 257 g/mol. The van der Waals surface area contributed by atoms with E-state index >= 15 is 0 Å². The molecule has 0 aromatic heterocycles. The molecule has 100 valence electrons. The molecule has 2 aromatic rings. The summed E-state index contributed by atoms with van der Waals surface area (Å²) in [5, 5.41) is 9.48. The molecule has 0 spiro atoms. The molecule has 1 atom stereocenters. The second-order valence-electron chi connectivity index (χ2n) is 4.51. The molecular weight excluding hydrogens is 238 g/mol. The maximum absolute atomic E-state index is 9.48. The van der Waals surface area contributed by atoms with Gasteiger partial charge in [-0.2, -0.15) is 0 Å². The molecule has 0 bridgehead atoms. The van der Waals surface area contributed by atoms with Crippen LogP contribution >= 0.6 is 0 Å². The molecule has 0 radical (unpaired) electrons. The van der Waals surface area contributed by atoms with Gasteiger partial charge in [0.05, 0.1) is 6.10 Å². The second kappa shape index (κ2) is 6.92. The van der Waals surface area contributed by atoms with E-state index in [0.717, 1.165) is 16.9 Å². The summed E-state index contributed by atoms with van der Waals surface area (Å²) in [5.74, 6) is 0.829. The van der Waals surface area contributed by atoms with Crippen molar-refractivity contribution >= 4 is 0 Å². The van der Waals surface area contributed by atoms with E-state index in [0.29, 0.717) is 13.0 Å². The Bertz CT molecular complexity index is 482. The number of hydrogen-bond acceptors (Lipinski definition) is 3. The van der Waals surface area contributed by atoms with Gasteiger partial charge in [-0.25, -0.2) is 0 Å². The third kappa shape index (κ3) is 4.39. The number of aliphatic hydroxyl groups excluding tert-OH is 1. The van der Waals surface area contributed by atoms with Crippen LogP contribution in [0.15, 0.2) is 54.6 Å². The smallest absolute Gasteiger partial charge is 0.119 e. The van der Waals surface area contributed by atoms with Crippen molar-refractivity contribution < 1.29 is 9.84 Å². The Morgan fingerprint density at radius 1 is 0.947 bits per heavy atom. The third-order valence-electron chi connectivity index (χ3n) is 2.92. The normalized spacial score (nSPS) is 12.1. The fourth-order valence-corrected chi connectivity index (χ4v) is 1.82. The first-order valence-electron chi connectivity index (χ1n) is 6.41. The zero-order valence-corrected chi connectivity index (χ0v) is 10.8. The van der Waals surface area contributed by atoms with Crippen molar-refractivity contribution in [2.24, 2.45) is 5.73 Å². The SMILES string of the molecule is NC[C@@H](O)Cc1ccc(OCc2ccccc2)cc1. The van der Waals surface area contributed by atoms with Crippen molar-refractivity contribution in [2.75, 3.05) is 6.54 Å². The lowest BCUT2D eigenvalue weighted by Gasteiger charge is -2.09. The summed E-state index contributed by atoms with van der Waals surface area (Å²) in [6.45, 7) is 0.845. The van der Waals surface area contributed by atoms with E-state index in [2.05, 4.69) is 0 Å². The minimum absolute atomic E-state index is 0.284. The van der Waals surface area contributed by atoms with Gasteiger partial charge in [-0.1, -0.05) is 42.5 Å². The lowest BCUT2D eigenvalue weighted by atomic mass is 10.1. The van der Waals surface area contributed by atoms with Crippen LogP contribution in [0.2, 0.25) is 0 Å². The molecular formula is C16H19NO2. The van der Waals surface area contributed by atoms with Gasteiger partial charge >= 0.3 is 0 Å². The lowest BCUT2D eigenvalue weighted by molar-refractivity contribution is 0.183. The first-order valence-corrected chi connectivity index (χ1v) is 6.41. The first-order chi connectivity index (χ1) is 9.28. The lowest BCUT2D eigenvalue weighted by Crippen LogP contribution is -2.21. The van der Waals surface area contributed by atoms with Crippen molar-refractivity contribution in [2.45, 2.75) is 19.1 Å². The van der Waals surface area contributed by atoms with Crippen LogP contribution in [-0.2, 0) is 13.0 Å². The summed E-state index contributed by atoms with van der Waals surface area (Å²) >= 11 is 0. The highest BCUT2D eigenvalue weighted by Gasteiger charge is 2.03. The summed E-state index contributed by atoms with van der Waals surface area (Å²) in [7, 11) is 0. The predicted molar refractivity (Wildman–Crippen MR) is 76.0 cm³/mol. The molecule has 2 aromatic carbocycles. The molecule has 3 nitrogen and oxygen atoms in total. The molecule has 0 aliphatic carbocycles. The fraction of sp³-hybridized carbons (Fsp3) is 0.250. The average molecular weight is 257 g/mol. The van der Waals surface area contributed by atoms with Gasteiger partial charge in [0.25, 0.3) is 0 Å². The van der Waals surface area contributed by atoms with Crippen LogP contribution in [0, 0.1) is 0 Å². The van der Waals surface area contributed by atoms with Crippen molar-refractivity contribution in [3.8, 4) is 5.75 Å². The van der Waals surface area contributed by atoms with E-state index in [1.165, 1.54) is 0 Å². The van der Waals surface area contributed by atoms with Crippen molar-refractivity contribution in [1.82, 2.24) is 0 Å². The Labute approximate surface area is 113 Å². The van der Waals surface area contributed by atoms with Gasteiger partial charge in [0.1, 0.15) is 12.4 Å². The van der Waals surface area contributed by atoms with Crippen LogP contribution in [0.25, 0.3) is 0 Å². The Morgan fingerprint density at radius 3 is 2.26 bits per heavy atom. The minimum Gasteiger partial charge on any atom is -0.489 e. The summed E-state index contributed by atoms with van der Waals surface area (Å²) in [6, 6.07) is 17.8. The maximum atomic E-state index is 9.48. The quantitative estimate of drug-likeness (QED) is 0.833. The molecule has 0 saturated heterocycles. The Kier molecular flexibility index (Phi) is 4.95. The van der Waals surface area contributed by atoms with Gasteiger partial charge in [-0.15, -0.1) is 0 Å². The molecule has 2 rings (SSSR count). The summed E-state index contributed by atoms with van der Waals surface area (Å²) < 4.78 is 5.69. The molecule has 3 heteroatoms. The van der Waals surface area contributed by atoms with E-state index in [1.807, 2.05) is 54.6 Å².